The molecule has 20 heavy (non-hydrogen) atoms. The minimum absolute atomic E-state index is 0.264. The van der Waals surface area contributed by atoms with Crippen LogP contribution >= 0.6 is 0 Å². The predicted molar refractivity (Wildman–Crippen MR) is 70.5 cm³/mol. The van der Waals surface area contributed by atoms with Gasteiger partial charge >= 0.3 is 12.1 Å². The topological polar surface area (TPSA) is 97.8 Å². The Hall–Kier alpha value is -2.31. The highest BCUT2D eigenvalue weighted by molar-refractivity contribution is 5.81. The Morgan fingerprint density at radius 1 is 1.40 bits per heavy atom. The predicted octanol–water partition coefficient (Wildman–Crippen LogP) is 1.74. The molecular formula is C13H18N2O5. The number of aromatic nitrogens is 1. The van der Waals surface area contributed by atoms with Crippen LogP contribution in [0.4, 0.5) is 4.79 Å². The maximum absolute atomic E-state index is 11.7. The molecule has 0 spiro atoms. The van der Waals surface area contributed by atoms with Crippen LogP contribution in [0.1, 0.15) is 32.4 Å². The number of carboxylic acids is 1. The number of rotatable bonds is 4. The van der Waals surface area contributed by atoms with Gasteiger partial charge in [0.1, 0.15) is 5.60 Å². The lowest BCUT2D eigenvalue weighted by Gasteiger charge is -2.22. The normalized spacial score (nSPS) is 12.4. The Labute approximate surface area is 116 Å². The second kappa shape index (κ2) is 6.23. The molecule has 0 aliphatic carbocycles. The standard InChI is InChI=1S/C13H18N2O5/c1-13(2,3)20-12(18)15-10(11(16)17)8-5-6-14-9(7-8)19-4/h5-7,10H,1-4H3,(H,15,18)(H,16,17)/t10-/m0/s1. The van der Waals surface area contributed by atoms with Crippen LogP contribution in [0.15, 0.2) is 18.3 Å². The first-order valence-electron chi connectivity index (χ1n) is 5.95. The van der Waals surface area contributed by atoms with Gasteiger partial charge in [0.25, 0.3) is 0 Å². The van der Waals surface area contributed by atoms with Gasteiger partial charge < -0.3 is 19.9 Å². The third-order valence-electron chi connectivity index (χ3n) is 2.21. The van der Waals surface area contributed by atoms with Crippen molar-refractivity contribution in [2.75, 3.05) is 7.11 Å². The van der Waals surface area contributed by atoms with Crippen LogP contribution in [0.25, 0.3) is 0 Å². The smallest absolute Gasteiger partial charge is 0.408 e. The molecule has 1 heterocycles. The molecule has 0 fully saturated rings. The Balaban J connectivity index is 2.89. The zero-order chi connectivity index (χ0) is 15.3. The maximum Gasteiger partial charge on any atom is 0.408 e. The zero-order valence-electron chi connectivity index (χ0n) is 11.8. The molecule has 110 valence electrons. The van der Waals surface area contributed by atoms with Gasteiger partial charge in [-0.05, 0) is 32.4 Å². The Bertz CT molecular complexity index is 496. The molecule has 0 saturated carbocycles. The van der Waals surface area contributed by atoms with E-state index in [1.54, 1.807) is 20.8 Å². The van der Waals surface area contributed by atoms with Crippen LogP contribution in [-0.4, -0.2) is 34.9 Å². The first-order valence-corrected chi connectivity index (χ1v) is 5.95. The summed E-state index contributed by atoms with van der Waals surface area (Å²) in [5, 5.41) is 11.5. The summed E-state index contributed by atoms with van der Waals surface area (Å²) in [6.45, 7) is 5.08. The average Bonchev–Trinajstić information content (AvgIpc) is 2.33. The number of alkyl carbamates (subject to hydrolysis) is 1. The second-order valence-electron chi connectivity index (χ2n) is 5.05. The van der Waals surface area contributed by atoms with Crippen LogP contribution in [0, 0.1) is 0 Å². The van der Waals surface area contributed by atoms with E-state index in [1.807, 2.05) is 0 Å². The van der Waals surface area contributed by atoms with E-state index in [9.17, 15) is 14.7 Å². The molecular weight excluding hydrogens is 264 g/mol. The van der Waals surface area contributed by atoms with Crippen LogP contribution in [0.5, 0.6) is 5.88 Å². The number of nitrogens with one attached hydrogen (secondary N) is 1. The zero-order valence-corrected chi connectivity index (χ0v) is 11.8. The average molecular weight is 282 g/mol. The summed E-state index contributed by atoms with van der Waals surface area (Å²) in [7, 11) is 1.42. The molecule has 7 nitrogen and oxygen atoms in total. The van der Waals surface area contributed by atoms with E-state index in [4.69, 9.17) is 9.47 Å². The van der Waals surface area contributed by atoms with E-state index in [-0.39, 0.29) is 5.88 Å². The Morgan fingerprint density at radius 2 is 2.05 bits per heavy atom. The summed E-state index contributed by atoms with van der Waals surface area (Å²) >= 11 is 0. The number of carbonyl (C=O) groups excluding carboxylic acids is 1. The van der Waals surface area contributed by atoms with E-state index in [0.717, 1.165) is 0 Å². The first kappa shape index (κ1) is 15.7. The highest BCUT2D eigenvalue weighted by Gasteiger charge is 2.25. The van der Waals surface area contributed by atoms with Crippen molar-refractivity contribution in [3.8, 4) is 5.88 Å². The Kier molecular flexibility index (Phi) is 4.90. The molecule has 0 bridgehead atoms. The van der Waals surface area contributed by atoms with Gasteiger partial charge in [0.2, 0.25) is 5.88 Å². The fourth-order valence-electron chi connectivity index (χ4n) is 1.43. The quantitative estimate of drug-likeness (QED) is 0.873. The van der Waals surface area contributed by atoms with E-state index >= 15 is 0 Å². The van der Waals surface area contributed by atoms with Crippen LogP contribution in [0.3, 0.4) is 0 Å². The number of carbonyl (C=O) groups is 2. The maximum atomic E-state index is 11.7. The molecule has 1 amide bonds. The Morgan fingerprint density at radius 3 is 2.55 bits per heavy atom. The van der Waals surface area contributed by atoms with Gasteiger partial charge in [0.05, 0.1) is 7.11 Å². The van der Waals surface area contributed by atoms with E-state index in [2.05, 4.69) is 10.3 Å². The van der Waals surface area contributed by atoms with Gasteiger partial charge in [-0.15, -0.1) is 0 Å². The SMILES string of the molecule is COc1cc([C@H](NC(=O)OC(C)(C)C)C(=O)O)ccn1. The van der Waals surface area contributed by atoms with E-state index in [1.165, 1.54) is 25.4 Å². The summed E-state index contributed by atoms with van der Waals surface area (Å²) in [6.07, 6.45) is 0.599. The fourth-order valence-corrected chi connectivity index (χ4v) is 1.43. The highest BCUT2D eigenvalue weighted by atomic mass is 16.6. The lowest BCUT2D eigenvalue weighted by atomic mass is 10.1. The first-order chi connectivity index (χ1) is 9.23. The van der Waals surface area contributed by atoms with Crippen molar-refractivity contribution in [2.24, 2.45) is 0 Å². The van der Waals surface area contributed by atoms with Gasteiger partial charge in [-0.25, -0.2) is 14.6 Å². The number of pyridine rings is 1. The largest absolute Gasteiger partial charge is 0.481 e. The number of hydrogen-bond donors (Lipinski definition) is 2. The number of ether oxygens (including phenoxy) is 2. The van der Waals surface area contributed by atoms with Gasteiger partial charge in [-0.3, -0.25) is 0 Å². The van der Waals surface area contributed by atoms with Gasteiger partial charge in [0.15, 0.2) is 6.04 Å². The number of nitrogens with zero attached hydrogens (tertiary/aromatic N) is 1. The van der Waals surface area contributed by atoms with Gasteiger partial charge in [-0.2, -0.15) is 0 Å². The number of hydrogen-bond acceptors (Lipinski definition) is 5. The molecule has 1 atom stereocenters. The lowest BCUT2D eigenvalue weighted by Crippen LogP contribution is -2.38. The summed E-state index contributed by atoms with van der Waals surface area (Å²) in [4.78, 5) is 26.8. The monoisotopic (exact) mass is 282 g/mol. The van der Waals surface area contributed by atoms with Crippen molar-refractivity contribution in [1.82, 2.24) is 10.3 Å². The minimum Gasteiger partial charge on any atom is -0.481 e. The lowest BCUT2D eigenvalue weighted by molar-refractivity contribution is -0.139. The van der Waals surface area contributed by atoms with Crippen LogP contribution in [0.2, 0.25) is 0 Å². The van der Waals surface area contributed by atoms with E-state index < -0.39 is 23.7 Å². The molecule has 1 rings (SSSR count). The highest BCUT2D eigenvalue weighted by Crippen LogP contribution is 2.18. The molecule has 0 aromatic carbocycles. The van der Waals surface area contributed by atoms with Crippen LogP contribution < -0.4 is 10.1 Å². The molecule has 0 radical (unpaired) electrons. The fraction of sp³-hybridized carbons (Fsp3) is 0.462. The summed E-state index contributed by atoms with van der Waals surface area (Å²) < 4.78 is 9.96. The molecule has 7 heteroatoms. The van der Waals surface area contributed by atoms with E-state index in [0.29, 0.717) is 5.56 Å². The summed E-state index contributed by atoms with van der Waals surface area (Å²) in [5.41, 5.74) is -0.363. The molecule has 1 aromatic heterocycles. The number of amides is 1. The van der Waals surface area contributed by atoms with Crippen molar-refractivity contribution in [1.29, 1.82) is 0 Å². The van der Waals surface area contributed by atoms with Gasteiger partial charge in [0, 0.05) is 12.3 Å². The summed E-state index contributed by atoms with van der Waals surface area (Å²) in [6, 6.07) is 1.69. The van der Waals surface area contributed by atoms with Crippen molar-refractivity contribution in [3.63, 3.8) is 0 Å². The molecule has 2 N–H and O–H groups in total. The van der Waals surface area contributed by atoms with Crippen molar-refractivity contribution >= 4 is 12.1 Å². The van der Waals surface area contributed by atoms with Crippen molar-refractivity contribution < 1.29 is 24.2 Å². The molecule has 0 saturated heterocycles. The number of carboxylic acid groups (broad SMARTS) is 1. The molecule has 0 unspecified atom stereocenters. The van der Waals surface area contributed by atoms with Crippen molar-refractivity contribution in [3.05, 3.63) is 23.9 Å². The third kappa shape index (κ3) is 4.75. The molecule has 1 aromatic rings. The van der Waals surface area contributed by atoms with Crippen LogP contribution in [-0.2, 0) is 9.53 Å². The number of methoxy groups -OCH3 is 1. The summed E-state index contributed by atoms with van der Waals surface area (Å²) in [5.74, 6) is -0.941. The second-order valence-corrected chi connectivity index (χ2v) is 5.05. The van der Waals surface area contributed by atoms with Gasteiger partial charge in [-0.1, -0.05) is 0 Å². The minimum atomic E-state index is -1.23. The van der Waals surface area contributed by atoms with Crippen molar-refractivity contribution in [2.45, 2.75) is 32.4 Å². The third-order valence-corrected chi connectivity index (χ3v) is 2.21. The molecule has 0 aliphatic heterocycles. The molecule has 0 aliphatic rings. The number of aliphatic carboxylic acids is 1.